The van der Waals surface area contributed by atoms with E-state index in [2.05, 4.69) is 4.98 Å². The quantitative estimate of drug-likeness (QED) is 0.801. The zero-order chi connectivity index (χ0) is 15.1. The molecule has 0 N–H and O–H groups in total. The van der Waals surface area contributed by atoms with Crippen LogP contribution in [0.4, 0.5) is 0 Å². The standard InChI is InChI=1S/C17H17N3O2/c21-16-3-1-2-15-14-8-12(10-20(15)16)9-19(11-14)17(22)13-4-6-18-7-5-13/h1-7,12,14H,8-11H2/t12-,14-/m0/s1. The topological polar surface area (TPSA) is 55.2 Å². The Morgan fingerprint density at radius 3 is 2.73 bits per heavy atom. The zero-order valence-electron chi connectivity index (χ0n) is 12.2. The Morgan fingerprint density at radius 1 is 1.09 bits per heavy atom. The lowest BCUT2D eigenvalue weighted by atomic mass is 9.83. The molecule has 2 bridgehead atoms. The zero-order valence-corrected chi connectivity index (χ0v) is 12.2. The normalized spacial score (nSPS) is 23.0. The molecule has 112 valence electrons. The van der Waals surface area contributed by atoms with Gasteiger partial charge in [-0.1, -0.05) is 6.07 Å². The summed E-state index contributed by atoms with van der Waals surface area (Å²) in [6.07, 6.45) is 4.35. The molecule has 1 saturated heterocycles. The van der Waals surface area contributed by atoms with E-state index in [9.17, 15) is 9.59 Å². The molecule has 2 aromatic heterocycles. The first-order chi connectivity index (χ1) is 10.7. The average molecular weight is 295 g/mol. The average Bonchev–Trinajstić information content (AvgIpc) is 2.56. The van der Waals surface area contributed by atoms with Crippen LogP contribution in [0.2, 0.25) is 0 Å². The van der Waals surface area contributed by atoms with Gasteiger partial charge in [-0.25, -0.2) is 0 Å². The molecule has 1 amide bonds. The molecule has 1 fully saturated rings. The number of likely N-dealkylation sites (tertiary alicyclic amines) is 1. The second kappa shape index (κ2) is 5.09. The number of fused-ring (bicyclic) bond motifs is 4. The Hall–Kier alpha value is -2.43. The number of carbonyl (C=O) groups is 1. The fourth-order valence-electron chi connectivity index (χ4n) is 3.74. The van der Waals surface area contributed by atoms with E-state index in [-0.39, 0.29) is 17.4 Å². The second-order valence-electron chi connectivity index (χ2n) is 6.14. The van der Waals surface area contributed by atoms with E-state index in [0.29, 0.717) is 24.6 Å². The maximum Gasteiger partial charge on any atom is 0.253 e. The number of hydrogen-bond acceptors (Lipinski definition) is 3. The van der Waals surface area contributed by atoms with Gasteiger partial charge in [0, 0.05) is 55.3 Å². The van der Waals surface area contributed by atoms with E-state index in [0.717, 1.165) is 18.7 Å². The van der Waals surface area contributed by atoms with Crippen LogP contribution in [0.3, 0.4) is 0 Å². The molecule has 5 nitrogen and oxygen atoms in total. The SMILES string of the molecule is O=C(c1ccncc1)N1C[C@@H]2C[C@@H](C1)c1cccc(=O)n1C2. The van der Waals surface area contributed by atoms with Crippen molar-refractivity contribution in [2.45, 2.75) is 18.9 Å². The van der Waals surface area contributed by atoms with E-state index < -0.39 is 0 Å². The number of carbonyl (C=O) groups excluding carboxylic acids is 1. The molecule has 2 aromatic rings. The third-order valence-corrected chi connectivity index (χ3v) is 4.69. The Morgan fingerprint density at radius 2 is 1.91 bits per heavy atom. The van der Waals surface area contributed by atoms with Crippen LogP contribution < -0.4 is 5.56 Å². The van der Waals surface area contributed by atoms with Crippen LogP contribution in [0, 0.1) is 5.92 Å². The number of rotatable bonds is 1. The molecule has 22 heavy (non-hydrogen) atoms. The van der Waals surface area contributed by atoms with Crippen LogP contribution in [-0.2, 0) is 6.54 Å². The minimum Gasteiger partial charge on any atom is -0.338 e. The number of piperidine rings is 1. The summed E-state index contributed by atoms with van der Waals surface area (Å²) in [6.45, 7) is 2.12. The van der Waals surface area contributed by atoms with Crippen LogP contribution in [0.1, 0.15) is 28.4 Å². The van der Waals surface area contributed by atoms with Gasteiger partial charge in [0.15, 0.2) is 0 Å². The van der Waals surface area contributed by atoms with Crippen molar-refractivity contribution < 1.29 is 4.79 Å². The third-order valence-electron chi connectivity index (χ3n) is 4.69. The Balaban J connectivity index is 1.64. The van der Waals surface area contributed by atoms with Crippen molar-refractivity contribution in [1.82, 2.24) is 14.5 Å². The molecule has 0 saturated carbocycles. The van der Waals surface area contributed by atoms with Gasteiger partial charge in [-0.15, -0.1) is 0 Å². The largest absolute Gasteiger partial charge is 0.338 e. The van der Waals surface area contributed by atoms with Gasteiger partial charge in [0.25, 0.3) is 11.5 Å². The van der Waals surface area contributed by atoms with Gasteiger partial charge in [-0.3, -0.25) is 14.6 Å². The monoisotopic (exact) mass is 295 g/mol. The van der Waals surface area contributed by atoms with Crippen molar-refractivity contribution in [3.05, 3.63) is 64.3 Å². The first-order valence-electron chi connectivity index (χ1n) is 7.61. The number of aromatic nitrogens is 2. The first-order valence-corrected chi connectivity index (χ1v) is 7.61. The summed E-state index contributed by atoms with van der Waals surface area (Å²) in [7, 11) is 0. The number of amides is 1. The van der Waals surface area contributed by atoms with Gasteiger partial charge in [0.05, 0.1) is 0 Å². The highest BCUT2D eigenvalue weighted by molar-refractivity contribution is 5.94. The Bertz CT molecular complexity index is 769. The van der Waals surface area contributed by atoms with Crippen molar-refractivity contribution in [3.8, 4) is 0 Å². The lowest BCUT2D eigenvalue weighted by Crippen LogP contribution is -2.49. The molecule has 2 aliphatic heterocycles. The van der Waals surface area contributed by atoms with Gasteiger partial charge in [-0.2, -0.15) is 0 Å². The molecule has 0 aliphatic carbocycles. The number of nitrogens with zero attached hydrogens (tertiary/aromatic N) is 3. The van der Waals surface area contributed by atoms with E-state index >= 15 is 0 Å². The number of pyridine rings is 2. The van der Waals surface area contributed by atoms with Crippen molar-refractivity contribution >= 4 is 5.91 Å². The van der Waals surface area contributed by atoms with E-state index in [4.69, 9.17) is 0 Å². The second-order valence-corrected chi connectivity index (χ2v) is 6.14. The molecule has 4 heterocycles. The summed E-state index contributed by atoms with van der Waals surface area (Å²) in [5, 5.41) is 0. The highest BCUT2D eigenvalue weighted by atomic mass is 16.2. The van der Waals surface area contributed by atoms with Gasteiger partial charge in [-0.05, 0) is 30.5 Å². The van der Waals surface area contributed by atoms with Crippen LogP contribution in [0.5, 0.6) is 0 Å². The van der Waals surface area contributed by atoms with Crippen molar-refractivity contribution in [2.75, 3.05) is 13.1 Å². The molecule has 4 rings (SSSR count). The van der Waals surface area contributed by atoms with Crippen LogP contribution in [-0.4, -0.2) is 33.4 Å². The van der Waals surface area contributed by atoms with Gasteiger partial charge in [0.1, 0.15) is 0 Å². The lowest BCUT2D eigenvalue weighted by Gasteiger charge is -2.42. The van der Waals surface area contributed by atoms with Crippen LogP contribution in [0.25, 0.3) is 0 Å². The van der Waals surface area contributed by atoms with E-state index in [1.807, 2.05) is 21.6 Å². The number of hydrogen-bond donors (Lipinski definition) is 0. The molecule has 5 heteroatoms. The lowest BCUT2D eigenvalue weighted by molar-refractivity contribution is 0.0594. The van der Waals surface area contributed by atoms with Crippen molar-refractivity contribution in [3.63, 3.8) is 0 Å². The molecule has 2 atom stereocenters. The summed E-state index contributed by atoms with van der Waals surface area (Å²) < 4.78 is 1.88. The molecule has 0 spiro atoms. The summed E-state index contributed by atoms with van der Waals surface area (Å²) in [5.74, 6) is 0.674. The maximum absolute atomic E-state index is 12.6. The molecule has 0 radical (unpaired) electrons. The van der Waals surface area contributed by atoms with Crippen LogP contribution in [0.15, 0.2) is 47.5 Å². The predicted molar refractivity (Wildman–Crippen MR) is 81.7 cm³/mol. The van der Waals surface area contributed by atoms with Crippen LogP contribution >= 0.6 is 0 Å². The highest BCUT2D eigenvalue weighted by Gasteiger charge is 2.36. The Labute approximate surface area is 128 Å². The molecular weight excluding hydrogens is 278 g/mol. The molecular formula is C17H17N3O2. The molecule has 0 aromatic carbocycles. The highest BCUT2D eigenvalue weighted by Crippen LogP contribution is 2.35. The van der Waals surface area contributed by atoms with E-state index in [1.165, 1.54) is 0 Å². The van der Waals surface area contributed by atoms with Gasteiger partial charge >= 0.3 is 0 Å². The first kappa shape index (κ1) is 13.2. The summed E-state index contributed by atoms with van der Waals surface area (Å²) in [4.78, 5) is 30.5. The maximum atomic E-state index is 12.6. The van der Waals surface area contributed by atoms with Gasteiger partial charge < -0.3 is 9.47 Å². The summed E-state index contributed by atoms with van der Waals surface area (Å²) >= 11 is 0. The summed E-state index contributed by atoms with van der Waals surface area (Å²) in [6, 6.07) is 8.96. The van der Waals surface area contributed by atoms with Crippen molar-refractivity contribution in [1.29, 1.82) is 0 Å². The van der Waals surface area contributed by atoms with Crippen molar-refractivity contribution in [2.24, 2.45) is 5.92 Å². The van der Waals surface area contributed by atoms with Gasteiger partial charge in [0.2, 0.25) is 0 Å². The molecule has 2 aliphatic rings. The fraction of sp³-hybridized carbons (Fsp3) is 0.353. The Kier molecular flexibility index (Phi) is 3.06. The predicted octanol–water partition coefficient (Wildman–Crippen LogP) is 1.50. The van der Waals surface area contributed by atoms with E-state index in [1.54, 1.807) is 30.6 Å². The fourth-order valence-corrected chi connectivity index (χ4v) is 3.74. The summed E-state index contributed by atoms with van der Waals surface area (Å²) in [5.41, 5.74) is 1.82. The smallest absolute Gasteiger partial charge is 0.253 e. The minimum atomic E-state index is 0.0591. The third kappa shape index (κ3) is 2.13. The molecule has 0 unspecified atom stereocenters. The minimum absolute atomic E-state index is 0.0591.